The second-order valence-electron chi connectivity index (χ2n) is 3.73. The minimum atomic E-state index is -3.06. The summed E-state index contributed by atoms with van der Waals surface area (Å²) in [4.78, 5) is 4.39. The molecular formula is C9H19N3O2S. The molecule has 1 aliphatic rings. The highest BCUT2D eigenvalue weighted by Crippen LogP contribution is 2.05. The summed E-state index contributed by atoms with van der Waals surface area (Å²) in [6.07, 6.45) is 5.71. The van der Waals surface area contributed by atoms with Gasteiger partial charge in [0.05, 0.1) is 12.1 Å². The van der Waals surface area contributed by atoms with Crippen LogP contribution < -0.4 is 10.0 Å². The van der Waals surface area contributed by atoms with Crippen molar-refractivity contribution in [3.05, 3.63) is 0 Å². The summed E-state index contributed by atoms with van der Waals surface area (Å²) in [5, 5.41) is 3.16. The Balaban J connectivity index is 2.16. The predicted molar refractivity (Wildman–Crippen MR) is 61.6 cm³/mol. The summed E-state index contributed by atoms with van der Waals surface area (Å²) in [5.41, 5.74) is 0. The van der Waals surface area contributed by atoms with Gasteiger partial charge in [0.15, 0.2) is 0 Å². The van der Waals surface area contributed by atoms with Crippen LogP contribution in [-0.2, 0) is 10.0 Å². The van der Waals surface area contributed by atoms with Gasteiger partial charge >= 0.3 is 0 Å². The molecule has 0 aliphatic carbocycles. The summed E-state index contributed by atoms with van der Waals surface area (Å²) >= 11 is 0. The van der Waals surface area contributed by atoms with E-state index >= 15 is 0 Å². The number of sulfonamides is 1. The van der Waals surface area contributed by atoms with Crippen molar-refractivity contribution in [1.29, 1.82) is 0 Å². The largest absolute Gasteiger partial charge is 0.373 e. The van der Waals surface area contributed by atoms with E-state index in [0.29, 0.717) is 13.1 Å². The van der Waals surface area contributed by atoms with E-state index in [1.165, 1.54) is 12.8 Å². The van der Waals surface area contributed by atoms with Crippen LogP contribution in [0.15, 0.2) is 4.99 Å². The number of hydrogen-bond acceptors (Lipinski definition) is 4. The van der Waals surface area contributed by atoms with Crippen LogP contribution >= 0.6 is 0 Å². The lowest BCUT2D eigenvalue weighted by Crippen LogP contribution is -2.34. The van der Waals surface area contributed by atoms with Gasteiger partial charge in [0.2, 0.25) is 10.0 Å². The summed E-state index contributed by atoms with van der Waals surface area (Å²) < 4.78 is 24.0. The molecule has 0 aromatic carbocycles. The van der Waals surface area contributed by atoms with Gasteiger partial charge in [-0.05, 0) is 12.8 Å². The normalized spacial score (nSPS) is 18.1. The Labute approximate surface area is 91.4 Å². The molecule has 0 spiro atoms. The Morgan fingerprint density at radius 3 is 2.80 bits per heavy atom. The molecule has 1 heterocycles. The van der Waals surface area contributed by atoms with E-state index in [1.54, 1.807) is 0 Å². The molecule has 0 unspecified atom stereocenters. The molecule has 15 heavy (non-hydrogen) atoms. The average molecular weight is 233 g/mol. The Kier molecular flexibility index (Phi) is 5.04. The molecule has 1 aliphatic heterocycles. The summed E-state index contributed by atoms with van der Waals surface area (Å²) in [6.45, 7) is 1.91. The average Bonchev–Trinajstić information content (AvgIpc) is 2.39. The lowest BCUT2D eigenvalue weighted by Gasteiger charge is -2.08. The van der Waals surface area contributed by atoms with Crippen molar-refractivity contribution in [2.45, 2.75) is 25.7 Å². The minimum Gasteiger partial charge on any atom is -0.373 e. The molecule has 6 heteroatoms. The first-order valence-corrected chi connectivity index (χ1v) is 7.19. The molecule has 0 atom stereocenters. The maximum Gasteiger partial charge on any atom is 0.208 e. The first-order chi connectivity index (χ1) is 7.08. The Hall–Kier alpha value is -0.620. The van der Waals surface area contributed by atoms with Crippen LogP contribution in [0.1, 0.15) is 25.7 Å². The molecule has 0 fully saturated rings. The van der Waals surface area contributed by atoms with Gasteiger partial charge in [-0.25, -0.2) is 13.1 Å². The zero-order valence-corrected chi connectivity index (χ0v) is 9.94. The van der Waals surface area contributed by atoms with Gasteiger partial charge in [-0.2, -0.15) is 0 Å². The van der Waals surface area contributed by atoms with Crippen LogP contribution in [0.25, 0.3) is 0 Å². The highest BCUT2D eigenvalue weighted by Gasteiger charge is 2.03. The van der Waals surface area contributed by atoms with Crippen molar-refractivity contribution in [3.8, 4) is 0 Å². The van der Waals surface area contributed by atoms with E-state index in [0.717, 1.165) is 31.5 Å². The van der Waals surface area contributed by atoms with Gasteiger partial charge < -0.3 is 5.32 Å². The Bertz CT molecular complexity index is 311. The molecule has 0 aromatic rings. The fraction of sp³-hybridized carbons (Fsp3) is 0.889. The van der Waals surface area contributed by atoms with Crippen molar-refractivity contribution in [1.82, 2.24) is 10.0 Å². The van der Waals surface area contributed by atoms with E-state index in [4.69, 9.17) is 0 Å². The standard InChI is InChI=1S/C9H19N3O2S/c1-15(13,14)12-8-7-11-9-5-3-2-4-6-10-9/h12H,2-8H2,1H3,(H,10,11). The number of hydrogen-bond donors (Lipinski definition) is 2. The van der Waals surface area contributed by atoms with Gasteiger partial charge in [0.25, 0.3) is 0 Å². The van der Waals surface area contributed by atoms with E-state index < -0.39 is 10.0 Å². The second-order valence-corrected chi connectivity index (χ2v) is 5.57. The molecule has 0 amide bonds. The highest BCUT2D eigenvalue weighted by atomic mass is 32.2. The first-order valence-electron chi connectivity index (χ1n) is 5.30. The van der Waals surface area contributed by atoms with Crippen molar-refractivity contribution in [3.63, 3.8) is 0 Å². The maximum atomic E-state index is 10.8. The zero-order chi connectivity index (χ0) is 11.1. The maximum absolute atomic E-state index is 10.8. The van der Waals surface area contributed by atoms with Gasteiger partial charge in [0, 0.05) is 26.1 Å². The third-order valence-electron chi connectivity index (χ3n) is 2.19. The van der Waals surface area contributed by atoms with Gasteiger partial charge in [-0.15, -0.1) is 0 Å². The van der Waals surface area contributed by atoms with Crippen molar-refractivity contribution >= 4 is 15.9 Å². The fourth-order valence-corrected chi connectivity index (χ4v) is 1.93. The molecule has 0 saturated carbocycles. The van der Waals surface area contributed by atoms with Crippen LogP contribution in [-0.4, -0.2) is 40.1 Å². The highest BCUT2D eigenvalue weighted by molar-refractivity contribution is 7.88. The SMILES string of the molecule is CS(=O)(=O)NCCNC1=NCCCCC1. The smallest absolute Gasteiger partial charge is 0.208 e. The lowest BCUT2D eigenvalue weighted by molar-refractivity contribution is 0.587. The van der Waals surface area contributed by atoms with E-state index in [2.05, 4.69) is 15.0 Å². The van der Waals surface area contributed by atoms with Gasteiger partial charge in [0.1, 0.15) is 0 Å². The summed E-state index contributed by atoms with van der Waals surface area (Å²) in [7, 11) is -3.06. The number of nitrogens with zero attached hydrogens (tertiary/aromatic N) is 1. The quantitative estimate of drug-likeness (QED) is 0.676. The topological polar surface area (TPSA) is 70.6 Å². The van der Waals surface area contributed by atoms with E-state index in [-0.39, 0.29) is 0 Å². The number of nitrogens with one attached hydrogen (secondary N) is 2. The molecule has 0 saturated heterocycles. The molecular weight excluding hydrogens is 214 g/mol. The van der Waals surface area contributed by atoms with Crippen LogP contribution in [0.5, 0.6) is 0 Å². The van der Waals surface area contributed by atoms with E-state index in [9.17, 15) is 8.42 Å². The molecule has 0 bridgehead atoms. The van der Waals surface area contributed by atoms with Crippen molar-refractivity contribution < 1.29 is 8.42 Å². The van der Waals surface area contributed by atoms with Gasteiger partial charge in [-0.1, -0.05) is 6.42 Å². The monoisotopic (exact) mass is 233 g/mol. The first kappa shape index (κ1) is 12.4. The number of aliphatic imine (C=N–C) groups is 1. The van der Waals surface area contributed by atoms with Crippen molar-refractivity contribution in [2.24, 2.45) is 4.99 Å². The molecule has 1 rings (SSSR count). The summed E-state index contributed by atoms with van der Waals surface area (Å²) in [5.74, 6) is 1.02. The lowest BCUT2D eigenvalue weighted by atomic mass is 10.2. The predicted octanol–water partition coefficient (Wildman–Crippen LogP) is 0.0977. The Morgan fingerprint density at radius 2 is 2.07 bits per heavy atom. The molecule has 0 aromatic heterocycles. The third kappa shape index (κ3) is 6.46. The third-order valence-corrected chi connectivity index (χ3v) is 2.92. The van der Waals surface area contributed by atoms with Gasteiger partial charge in [-0.3, -0.25) is 4.99 Å². The van der Waals surface area contributed by atoms with Crippen LogP contribution in [0, 0.1) is 0 Å². The second kappa shape index (κ2) is 6.07. The summed E-state index contributed by atoms with van der Waals surface area (Å²) in [6, 6.07) is 0. The van der Waals surface area contributed by atoms with Crippen LogP contribution in [0.4, 0.5) is 0 Å². The van der Waals surface area contributed by atoms with E-state index in [1.807, 2.05) is 0 Å². The Morgan fingerprint density at radius 1 is 1.27 bits per heavy atom. The van der Waals surface area contributed by atoms with Crippen molar-refractivity contribution in [2.75, 3.05) is 25.9 Å². The van der Waals surface area contributed by atoms with Crippen LogP contribution in [0.3, 0.4) is 0 Å². The molecule has 88 valence electrons. The number of amidine groups is 1. The molecule has 0 radical (unpaired) electrons. The fourth-order valence-electron chi connectivity index (χ4n) is 1.46. The molecule has 5 nitrogen and oxygen atoms in total. The minimum absolute atomic E-state index is 0.415. The zero-order valence-electron chi connectivity index (χ0n) is 9.12. The van der Waals surface area contributed by atoms with Crippen LogP contribution in [0.2, 0.25) is 0 Å². The number of rotatable bonds is 4. The molecule has 2 N–H and O–H groups in total.